The largest absolute Gasteiger partial charge is 0.459 e. The highest BCUT2D eigenvalue weighted by atomic mass is 16.5. The van der Waals surface area contributed by atoms with Crippen molar-refractivity contribution in [3.63, 3.8) is 0 Å². The molecule has 3 N–H and O–H groups in total. The number of aliphatic imine (C=N–C) groups is 1. The average molecular weight is 332 g/mol. The van der Waals surface area contributed by atoms with Gasteiger partial charge in [-0.05, 0) is 19.1 Å². The van der Waals surface area contributed by atoms with Crippen LogP contribution in [0, 0.1) is 0 Å². The van der Waals surface area contributed by atoms with Crippen molar-refractivity contribution in [2.75, 3.05) is 33.9 Å². The summed E-state index contributed by atoms with van der Waals surface area (Å²) >= 11 is 0. The number of methoxy groups -OCH3 is 1. The molecule has 7 heteroatoms. The quantitative estimate of drug-likeness (QED) is 0.405. The molecule has 0 saturated heterocycles. The second-order valence-electron chi connectivity index (χ2n) is 5.32. The maximum absolute atomic E-state index is 11.7. The van der Waals surface area contributed by atoms with Crippen molar-refractivity contribution in [2.45, 2.75) is 13.0 Å². The molecule has 0 aliphatic heterocycles. The van der Waals surface area contributed by atoms with E-state index in [1.165, 1.54) is 0 Å². The predicted octanol–water partition coefficient (Wildman–Crippen LogP) is 1.42. The van der Waals surface area contributed by atoms with Crippen LogP contribution in [0.4, 0.5) is 0 Å². The number of carbonyl (C=O) groups is 1. The van der Waals surface area contributed by atoms with Crippen LogP contribution in [0.3, 0.4) is 0 Å². The standard InChI is InChI=1S/C17H24N4O3/c1-12(15-10-13-6-4-5-7-14(13)24-15)21-17(18-2)20-11-16(22)19-8-9-23-3/h4-7,10,12H,8-9,11H2,1-3H3,(H,19,22)(H2,18,20,21). The van der Waals surface area contributed by atoms with E-state index < -0.39 is 0 Å². The first kappa shape index (κ1) is 17.8. The van der Waals surface area contributed by atoms with E-state index in [0.29, 0.717) is 19.1 Å². The fourth-order valence-corrected chi connectivity index (χ4v) is 2.21. The second-order valence-corrected chi connectivity index (χ2v) is 5.32. The third-order valence-corrected chi connectivity index (χ3v) is 3.49. The molecular weight excluding hydrogens is 308 g/mol. The van der Waals surface area contributed by atoms with Gasteiger partial charge in [-0.2, -0.15) is 0 Å². The fourth-order valence-electron chi connectivity index (χ4n) is 2.21. The Bertz CT molecular complexity index is 663. The van der Waals surface area contributed by atoms with Gasteiger partial charge in [0.15, 0.2) is 5.96 Å². The molecule has 1 atom stereocenters. The number of nitrogens with one attached hydrogen (secondary N) is 3. The van der Waals surface area contributed by atoms with Crippen LogP contribution in [0.15, 0.2) is 39.7 Å². The zero-order valence-corrected chi connectivity index (χ0v) is 14.3. The van der Waals surface area contributed by atoms with E-state index in [1.54, 1.807) is 14.2 Å². The Labute approximate surface area is 141 Å². The maximum Gasteiger partial charge on any atom is 0.239 e. The summed E-state index contributed by atoms with van der Waals surface area (Å²) in [4.78, 5) is 15.8. The minimum Gasteiger partial charge on any atom is -0.459 e. The molecule has 24 heavy (non-hydrogen) atoms. The first-order valence-electron chi connectivity index (χ1n) is 7.85. The van der Waals surface area contributed by atoms with Crippen molar-refractivity contribution >= 4 is 22.8 Å². The molecule has 0 bridgehead atoms. The van der Waals surface area contributed by atoms with Crippen LogP contribution < -0.4 is 16.0 Å². The minimum atomic E-state index is -0.119. The lowest BCUT2D eigenvalue weighted by molar-refractivity contribution is -0.120. The van der Waals surface area contributed by atoms with Gasteiger partial charge in [-0.3, -0.25) is 9.79 Å². The molecule has 2 aromatic rings. The lowest BCUT2D eigenvalue weighted by Gasteiger charge is -2.16. The monoisotopic (exact) mass is 332 g/mol. The molecule has 1 aromatic heterocycles. The molecule has 0 aliphatic carbocycles. The summed E-state index contributed by atoms with van der Waals surface area (Å²) in [7, 11) is 3.25. The number of fused-ring (bicyclic) bond motifs is 1. The fraction of sp³-hybridized carbons (Fsp3) is 0.412. The molecule has 0 saturated carbocycles. The molecule has 0 aliphatic rings. The van der Waals surface area contributed by atoms with Gasteiger partial charge in [0.05, 0.1) is 19.2 Å². The molecule has 1 aromatic carbocycles. The van der Waals surface area contributed by atoms with Crippen molar-refractivity contribution in [3.05, 3.63) is 36.1 Å². The van der Waals surface area contributed by atoms with Gasteiger partial charge in [-0.25, -0.2) is 0 Å². The first-order chi connectivity index (χ1) is 11.6. The number of hydrogen-bond acceptors (Lipinski definition) is 4. The van der Waals surface area contributed by atoms with E-state index in [-0.39, 0.29) is 18.5 Å². The average Bonchev–Trinajstić information content (AvgIpc) is 3.03. The summed E-state index contributed by atoms with van der Waals surface area (Å²) < 4.78 is 10.7. The van der Waals surface area contributed by atoms with Crippen molar-refractivity contribution in [3.8, 4) is 0 Å². The SMILES string of the molecule is CN=C(NCC(=O)NCCOC)NC(C)c1cc2ccccc2o1. The Morgan fingerprint density at radius 3 is 2.83 bits per heavy atom. The highest BCUT2D eigenvalue weighted by molar-refractivity contribution is 5.86. The summed E-state index contributed by atoms with van der Waals surface area (Å²) in [5.41, 5.74) is 0.849. The van der Waals surface area contributed by atoms with E-state index in [1.807, 2.05) is 37.3 Å². The van der Waals surface area contributed by atoms with Gasteiger partial charge in [-0.15, -0.1) is 0 Å². The Balaban J connectivity index is 1.86. The number of para-hydroxylation sites is 1. The maximum atomic E-state index is 11.7. The van der Waals surface area contributed by atoms with Gasteiger partial charge < -0.3 is 25.1 Å². The molecule has 0 fully saturated rings. The zero-order chi connectivity index (χ0) is 17.4. The summed E-state index contributed by atoms with van der Waals surface area (Å²) in [6.07, 6.45) is 0. The van der Waals surface area contributed by atoms with Crippen LogP contribution in [-0.2, 0) is 9.53 Å². The number of furan rings is 1. The number of guanidine groups is 1. The van der Waals surface area contributed by atoms with E-state index in [4.69, 9.17) is 9.15 Å². The van der Waals surface area contributed by atoms with Crippen LogP contribution in [0.2, 0.25) is 0 Å². The van der Waals surface area contributed by atoms with Crippen LogP contribution >= 0.6 is 0 Å². The third-order valence-electron chi connectivity index (χ3n) is 3.49. The van der Waals surface area contributed by atoms with Crippen molar-refractivity contribution in [1.82, 2.24) is 16.0 Å². The molecular formula is C17H24N4O3. The number of benzene rings is 1. The number of nitrogens with zero attached hydrogens (tertiary/aromatic N) is 1. The van der Waals surface area contributed by atoms with Gasteiger partial charge in [0.2, 0.25) is 5.91 Å². The Kier molecular flexibility index (Phi) is 6.62. The molecule has 0 spiro atoms. The van der Waals surface area contributed by atoms with E-state index in [9.17, 15) is 4.79 Å². The lowest BCUT2D eigenvalue weighted by atomic mass is 10.2. The van der Waals surface area contributed by atoms with Gasteiger partial charge >= 0.3 is 0 Å². The summed E-state index contributed by atoms with van der Waals surface area (Å²) in [6, 6.07) is 9.77. The number of ether oxygens (including phenoxy) is 1. The van der Waals surface area contributed by atoms with E-state index in [2.05, 4.69) is 20.9 Å². The van der Waals surface area contributed by atoms with Crippen LogP contribution in [0.1, 0.15) is 18.7 Å². The summed E-state index contributed by atoms with van der Waals surface area (Å²) in [5.74, 6) is 1.22. The number of carbonyl (C=O) groups excluding carboxylic acids is 1. The summed E-state index contributed by atoms with van der Waals surface area (Å²) in [6.45, 7) is 3.08. The van der Waals surface area contributed by atoms with Gasteiger partial charge in [0, 0.05) is 26.1 Å². The van der Waals surface area contributed by atoms with Gasteiger partial charge in [-0.1, -0.05) is 18.2 Å². The number of rotatable bonds is 7. The second kappa shape index (κ2) is 8.93. The molecule has 2 rings (SSSR count). The van der Waals surface area contributed by atoms with Crippen molar-refractivity contribution < 1.29 is 13.9 Å². The molecule has 130 valence electrons. The molecule has 1 heterocycles. The van der Waals surface area contributed by atoms with Crippen LogP contribution in [-0.4, -0.2) is 45.7 Å². The number of hydrogen-bond donors (Lipinski definition) is 3. The Morgan fingerprint density at radius 2 is 2.12 bits per heavy atom. The van der Waals surface area contributed by atoms with Gasteiger partial charge in [0.1, 0.15) is 11.3 Å². The highest BCUT2D eigenvalue weighted by Gasteiger charge is 2.13. The van der Waals surface area contributed by atoms with Crippen LogP contribution in [0.5, 0.6) is 0 Å². The summed E-state index contributed by atoms with van der Waals surface area (Å²) in [5, 5.41) is 9.98. The minimum absolute atomic E-state index is 0.0832. The van der Waals surface area contributed by atoms with Crippen LogP contribution in [0.25, 0.3) is 11.0 Å². The van der Waals surface area contributed by atoms with Crippen molar-refractivity contribution in [1.29, 1.82) is 0 Å². The topological polar surface area (TPSA) is 87.9 Å². The zero-order valence-electron chi connectivity index (χ0n) is 14.3. The predicted molar refractivity (Wildman–Crippen MR) is 94.0 cm³/mol. The smallest absolute Gasteiger partial charge is 0.239 e. The molecule has 1 unspecified atom stereocenters. The molecule has 1 amide bonds. The normalized spacial score (nSPS) is 12.9. The van der Waals surface area contributed by atoms with Gasteiger partial charge in [0.25, 0.3) is 0 Å². The van der Waals surface area contributed by atoms with E-state index in [0.717, 1.165) is 16.7 Å². The van der Waals surface area contributed by atoms with Crippen molar-refractivity contribution in [2.24, 2.45) is 4.99 Å². The first-order valence-corrected chi connectivity index (χ1v) is 7.85. The number of amides is 1. The Hall–Kier alpha value is -2.54. The highest BCUT2D eigenvalue weighted by Crippen LogP contribution is 2.23. The van der Waals surface area contributed by atoms with E-state index >= 15 is 0 Å². The molecule has 0 radical (unpaired) electrons. The molecule has 7 nitrogen and oxygen atoms in total. The lowest BCUT2D eigenvalue weighted by Crippen LogP contribution is -2.44. The third kappa shape index (κ3) is 4.99. The Morgan fingerprint density at radius 1 is 1.33 bits per heavy atom.